The molecule has 0 saturated heterocycles. The SMILES string of the molecule is Cn1ncc(C(C#N)c2cccc(Cl)n2)c1C1CC1. The molecule has 0 radical (unpaired) electrons. The molecule has 2 aromatic heterocycles. The van der Waals surface area contributed by atoms with E-state index >= 15 is 0 Å². The van der Waals surface area contributed by atoms with Gasteiger partial charge in [0.15, 0.2) is 0 Å². The van der Waals surface area contributed by atoms with Gasteiger partial charge in [0.05, 0.1) is 18.0 Å². The van der Waals surface area contributed by atoms with Crippen LogP contribution in [-0.2, 0) is 7.05 Å². The number of nitriles is 1. The maximum atomic E-state index is 9.49. The lowest BCUT2D eigenvalue weighted by molar-refractivity contribution is 0.709. The van der Waals surface area contributed by atoms with Gasteiger partial charge in [-0.3, -0.25) is 4.68 Å². The van der Waals surface area contributed by atoms with Crippen LogP contribution in [0, 0.1) is 11.3 Å². The standard InChI is InChI=1S/C14H13ClN4/c1-19-14(9-5-6-9)11(8-17-19)10(7-16)12-3-2-4-13(15)18-12/h2-4,8-10H,5-6H2,1H3. The fourth-order valence-electron chi connectivity index (χ4n) is 2.42. The number of hydrogen-bond donors (Lipinski definition) is 0. The first-order valence-electron chi connectivity index (χ1n) is 6.24. The summed E-state index contributed by atoms with van der Waals surface area (Å²) in [5.74, 6) is 0.139. The molecule has 0 N–H and O–H groups in total. The molecule has 96 valence electrons. The smallest absolute Gasteiger partial charge is 0.129 e. The Morgan fingerprint density at radius 1 is 1.47 bits per heavy atom. The summed E-state index contributed by atoms with van der Waals surface area (Å²) >= 11 is 5.91. The van der Waals surface area contributed by atoms with Crippen LogP contribution in [0.25, 0.3) is 0 Å². The van der Waals surface area contributed by atoms with Crippen molar-refractivity contribution < 1.29 is 0 Å². The molecule has 0 amide bonds. The molecule has 1 fully saturated rings. The second kappa shape index (κ2) is 4.67. The van der Waals surface area contributed by atoms with E-state index in [2.05, 4.69) is 16.2 Å². The fourth-order valence-corrected chi connectivity index (χ4v) is 2.59. The highest BCUT2D eigenvalue weighted by Gasteiger charge is 2.32. The van der Waals surface area contributed by atoms with Crippen LogP contribution in [0.3, 0.4) is 0 Å². The fraction of sp³-hybridized carbons (Fsp3) is 0.357. The van der Waals surface area contributed by atoms with Crippen molar-refractivity contribution in [3.63, 3.8) is 0 Å². The number of nitrogens with zero attached hydrogens (tertiary/aromatic N) is 4. The van der Waals surface area contributed by atoms with Crippen LogP contribution < -0.4 is 0 Å². The molecule has 5 heteroatoms. The maximum Gasteiger partial charge on any atom is 0.129 e. The molecule has 1 aliphatic rings. The highest BCUT2D eigenvalue weighted by molar-refractivity contribution is 6.29. The number of pyridine rings is 1. The van der Waals surface area contributed by atoms with Crippen molar-refractivity contribution >= 4 is 11.6 Å². The highest BCUT2D eigenvalue weighted by Crippen LogP contribution is 2.43. The van der Waals surface area contributed by atoms with E-state index in [0.717, 1.165) is 11.3 Å². The lowest BCUT2D eigenvalue weighted by Gasteiger charge is -2.10. The van der Waals surface area contributed by atoms with Crippen molar-refractivity contribution in [2.75, 3.05) is 0 Å². The predicted octanol–water partition coefficient (Wildman–Crippen LogP) is 3.00. The van der Waals surface area contributed by atoms with Gasteiger partial charge in [-0.25, -0.2) is 4.98 Å². The first kappa shape index (κ1) is 12.2. The molecule has 1 aliphatic carbocycles. The van der Waals surface area contributed by atoms with E-state index in [1.807, 2.05) is 23.9 Å². The zero-order valence-electron chi connectivity index (χ0n) is 10.5. The zero-order valence-corrected chi connectivity index (χ0v) is 11.3. The summed E-state index contributed by atoms with van der Waals surface area (Å²) < 4.78 is 1.88. The number of halogens is 1. The Hall–Kier alpha value is -1.86. The molecule has 0 spiro atoms. The summed E-state index contributed by atoms with van der Waals surface area (Å²) in [5, 5.41) is 14.2. The van der Waals surface area contributed by atoms with Gasteiger partial charge >= 0.3 is 0 Å². The number of hydrogen-bond acceptors (Lipinski definition) is 3. The molecule has 0 aliphatic heterocycles. The lowest BCUT2D eigenvalue weighted by atomic mass is 9.95. The molecule has 2 aromatic rings. The minimum absolute atomic E-state index is 0.400. The van der Waals surface area contributed by atoms with Crippen LogP contribution in [0.5, 0.6) is 0 Å². The van der Waals surface area contributed by atoms with E-state index < -0.39 is 5.92 Å². The number of aryl methyl sites for hydroxylation is 1. The minimum atomic E-state index is -0.400. The maximum absolute atomic E-state index is 9.49. The van der Waals surface area contributed by atoms with Gasteiger partial charge in [0.25, 0.3) is 0 Å². The Balaban J connectivity index is 2.06. The van der Waals surface area contributed by atoms with E-state index in [-0.39, 0.29) is 0 Å². The van der Waals surface area contributed by atoms with Gasteiger partial charge in [0.2, 0.25) is 0 Å². The molecule has 0 aromatic carbocycles. The number of aromatic nitrogens is 3. The van der Waals surface area contributed by atoms with Crippen molar-refractivity contribution in [1.82, 2.24) is 14.8 Å². The molecule has 1 atom stereocenters. The Morgan fingerprint density at radius 3 is 2.89 bits per heavy atom. The monoisotopic (exact) mass is 272 g/mol. The molecule has 1 saturated carbocycles. The van der Waals surface area contributed by atoms with Crippen LogP contribution in [-0.4, -0.2) is 14.8 Å². The van der Waals surface area contributed by atoms with Crippen LogP contribution >= 0.6 is 11.6 Å². The summed E-state index contributed by atoms with van der Waals surface area (Å²) in [4.78, 5) is 4.26. The van der Waals surface area contributed by atoms with Crippen LogP contribution in [0.4, 0.5) is 0 Å². The molecule has 1 unspecified atom stereocenters. The molecule has 0 bridgehead atoms. The summed E-state index contributed by atoms with van der Waals surface area (Å²) in [5.41, 5.74) is 2.81. The average Bonchev–Trinajstić information content (AvgIpc) is 3.15. The first-order chi connectivity index (χ1) is 9.20. The highest BCUT2D eigenvalue weighted by atomic mass is 35.5. The van der Waals surface area contributed by atoms with Crippen LogP contribution in [0.2, 0.25) is 5.15 Å². The summed E-state index contributed by atoms with van der Waals surface area (Å²) in [6, 6.07) is 7.69. The third-order valence-electron chi connectivity index (χ3n) is 3.45. The third-order valence-corrected chi connectivity index (χ3v) is 3.66. The van der Waals surface area contributed by atoms with Gasteiger partial charge < -0.3 is 0 Å². The molecule has 3 rings (SSSR count). The third kappa shape index (κ3) is 2.22. The number of rotatable bonds is 3. The first-order valence-corrected chi connectivity index (χ1v) is 6.62. The van der Waals surface area contributed by atoms with Gasteiger partial charge in [0, 0.05) is 24.2 Å². The Kier molecular flexibility index (Phi) is 3.00. The van der Waals surface area contributed by atoms with E-state index in [1.54, 1.807) is 12.3 Å². The Bertz CT molecular complexity index is 652. The predicted molar refractivity (Wildman–Crippen MR) is 71.9 cm³/mol. The van der Waals surface area contributed by atoms with Gasteiger partial charge in [-0.1, -0.05) is 17.7 Å². The second-order valence-corrected chi connectivity index (χ2v) is 5.22. The molecule has 2 heterocycles. The van der Waals surface area contributed by atoms with E-state index in [4.69, 9.17) is 11.6 Å². The van der Waals surface area contributed by atoms with Crippen molar-refractivity contribution in [3.05, 3.63) is 46.5 Å². The summed E-state index contributed by atoms with van der Waals surface area (Å²) in [6.07, 6.45) is 4.13. The zero-order chi connectivity index (χ0) is 13.4. The van der Waals surface area contributed by atoms with Crippen LogP contribution in [0.15, 0.2) is 24.4 Å². The quantitative estimate of drug-likeness (QED) is 0.807. The van der Waals surface area contributed by atoms with Gasteiger partial charge in [-0.2, -0.15) is 10.4 Å². The molecular weight excluding hydrogens is 260 g/mol. The van der Waals surface area contributed by atoms with Gasteiger partial charge in [-0.15, -0.1) is 0 Å². The lowest BCUT2D eigenvalue weighted by Crippen LogP contribution is -2.05. The largest absolute Gasteiger partial charge is 0.272 e. The van der Waals surface area contributed by atoms with Crippen molar-refractivity contribution in [2.24, 2.45) is 7.05 Å². The van der Waals surface area contributed by atoms with Crippen molar-refractivity contribution in [2.45, 2.75) is 24.7 Å². The second-order valence-electron chi connectivity index (χ2n) is 4.83. The Labute approximate surface area is 116 Å². The van der Waals surface area contributed by atoms with E-state index in [9.17, 15) is 5.26 Å². The topological polar surface area (TPSA) is 54.5 Å². The van der Waals surface area contributed by atoms with Gasteiger partial charge in [-0.05, 0) is 25.0 Å². The van der Waals surface area contributed by atoms with Crippen LogP contribution in [0.1, 0.15) is 41.6 Å². The summed E-state index contributed by atoms with van der Waals surface area (Å²) in [7, 11) is 1.93. The van der Waals surface area contributed by atoms with E-state index in [1.165, 1.54) is 12.8 Å². The average molecular weight is 273 g/mol. The van der Waals surface area contributed by atoms with E-state index in [0.29, 0.717) is 16.8 Å². The summed E-state index contributed by atoms with van der Waals surface area (Å²) in [6.45, 7) is 0. The van der Waals surface area contributed by atoms with Crippen molar-refractivity contribution in [1.29, 1.82) is 5.26 Å². The molecule has 4 nitrogen and oxygen atoms in total. The minimum Gasteiger partial charge on any atom is -0.272 e. The Morgan fingerprint density at radius 2 is 2.26 bits per heavy atom. The normalized spacial score (nSPS) is 16.1. The van der Waals surface area contributed by atoms with Crippen molar-refractivity contribution in [3.8, 4) is 6.07 Å². The molecular formula is C14H13ClN4. The van der Waals surface area contributed by atoms with Gasteiger partial charge in [0.1, 0.15) is 11.1 Å². The molecule has 19 heavy (non-hydrogen) atoms.